The Bertz CT molecular complexity index is 584. The van der Waals surface area contributed by atoms with Crippen molar-refractivity contribution in [2.45, 2.75) is 25.5 Å². The minimum absolute atomic E-state index is 0. The van der Waals surface area contributed by atoms with Crippen LogP contribution >= 0.6 is 11.3 Å². The number of fused-ring (bicyclic) bond motifs is 1. The van der Waals surface area contributed by atoms with Crippen LogP contribution in [0.5, 0.6) is 0 Å². The van der Waals surface area contributed by atoms with Crippen molar-refractivity contribution >= 4 is 28.8 Å². The third-order valence-corrected chi connectivity index (χ3v) is 4.48. The van der Waals surface area contributed by atoms with Gasteiger partial charge in [-0.1, -0.05) is 0 Å². The quantitative estimate of drug-likeness (QED) is 0.457. The number of carboxylic acid groups (broad SMARTS) is 1. The number of thiazole rings is 1. The summed E-state index contributed by atoms with van der Waals surface area (Å²) in [7, 11) is 0. The minimum atomic E-state index is -1.36. The monoisotopic (exact) mass is 302 g/mol. The summed E-state index contributed by atoms with van der Waals surface area (Å²) in [6, 6.07) is -0.280. The average molecular weight is 302 g/mol. The van der Waals surface area contributed by atoms with Gasteiger partial charge in [0.05, 0.1) is 40.1 Å². The zero-order valence-electron chi connectivity index (χ0n) is 11.1. The molecule has 3 heterocycles. The van der Waals surface area contributed by atoms with Crippen molar-refractivity contribution < 1.29 is 49.4 Å². The van der Waals surface area contributed by atoms with Crippen molar-refractivity contribution in [1.82, 2.24) is 9.88 Å². The number of aromatic nitrogens is 1. The number of aliphatic hydroxyl groups is 1. The third kappa shape index (κ3) is 2.14. The van der Waals surface area contributed by atoms with Gasteiger partial charge in [0, 0.05) is 6.20 Å². The van der Waals surface area contributed by atoms with Crippen LogP contribution in [0.15, 0.2) is 17.4 Å². The van der Waals surface area contributed by atoms with E-state index >= 15 is 0 Å². The number of carbonyl (C=O) groups is 2. The van der Waals surface area contributed by atoms with Gasteiger partial charge >= 0.3 is 29.6 Å². The molecule has 20 heavy (non-hydrogen) atoms. The molecule has 0 bridgehead atoms. The van der Waals surface area contributed by atoms with Crippen molar-refractivity contribution in [3.05, 3.63) is 22.3 Å². The van der Waals surface area contributed by atoms with E-state index in [1.54, 1.807) is 18.6 Å². The molecule has 0 aliphatic carbocycles. The first-order valence-corrected chi connectivity index (χ1v) is 6.75. The van der Waals surface area contributed by atoms with E-state index in [0.717, 1.165) is 4.88 Å². The van der Waals surface area contributed by atoms with Crippen molar-refractivity contribution in [3.63, 3.8) is 0 Å². The number of β-lactam (4-membered cyclic amide) rings is 1. The van der Waals surface area contributed by atoms with Crippen molar-refractivity contribution in [2.24, 2.45) is 5.92 Å². The van der Waals surface area contributed by atoms with Gasteiger partial charge in [-0.05, 0) is 18.9 Å². The fourth-order valence-corrected chi connectivity index (χ4v) is 3.52. The summed E-state index contributed by atoms with van der Waals surface area (Å²) in [4.78, 5) is 29.1. The number of hydrogen-bond acceptors (Lipinski definition) is 6. The Morgan fingerprint density at radius 1 is 1.65 bits per heavy atom. The van der Waals surface area contributed by atoms with Crippen LogP contribution in [-0.4, -0.2) is 39.0 Å². The van der Waals surface area contributed by atoms with E-state index in [-0.39, 0.29) is 47.2 Å². The minimum Gasteiger partial charge on any atom is -0.543 e. The molecule has 1 saturated heterocycles. The number of carboxylic acids is 1. The molecule has 8 heteroatoms. The number of carbonyl (C=O) groups excluding carboxylic acids is 2. The molecular formula is C12H11N2NaO4S. The molecule has 1 amide bonds. The molecule has 2 aliphatic heterocycles. The Kier molecular flexibility index (Phi) is 4.36. The van der Waals surface area contributed by atoms with E-state index in [2.05, 4.69) is 4.98 Å². The van der Waals surface area contributed by atoms with Gasteiger partial charge in [0.25, 0.3) is 0 Å². The molecule has 100 valence electrons. The van der Waals surface area contributed by atoms with Crippen LogP contribution in [0.1, 0.15) is 18.2 Å². The van der Waals surface area contributed by atoms with Crippen LogP contribution in [-0.2, 0) is 9.59 Å². The second-order valence-corrected chi connectivity index (χ2v) is 5.61. The van der Waals surface area contributed by atoms with Crippen molar-refractivity contribution in [1.29, 1.82) is 0 Å². The third-order valence-electron chi connectivity index (χ3n) is 3.65. The van der Waals surface area contributed by atoms with Gasteiger partial charge < -0.3 is 19.9 Å². The van der Waals surface area contributed by atoms with Crippen LogP contribution < -0.4 is 34.7 Å². The fourth-order valence-electron chi connectivity index (χ4n) is 2.84. The van der Waals surface area contributed by atoms with Crippen LogP contribution in [0.2, 0.25) is 0 Å². The van der Waals surface area contributed by atoms with E-state index < -0.39 is 18.0 Å². The number of amides is 1. The van der Waals surface area contributed by atoms with Crippen LogP contribution in [0.4, 0.5) is 0 Å². The number of aliphatic hydroxyl groups excluding tert-OH is 1. The molecule has 6 nitrogen and oxygen atoms in total. The van der Waals surface area contributed by atoms with Gasteiger partial charge in [0.1, 0.15) is 0 Å². The van der Waals surface area contributed by atoms with E-state index in [9.17, 15) is 19.8 Å². The van der Waals surface area contributed by atoms with Crippen LogP contribution in [0.25, 0.3) is 5.57 Å². The molecule has 3 atom stereocenters. The van der Waals surface area contributed by atoms with Gasteiger partial charge in [-0.2, -0.15) is 0 Å². The number of hydrogen-bond donors (Lipinski definition) is 1. The first kappa shape index (κ1) is 15.7. The first-order chi connectivity index (χ1) is 9.02. The van der Waals surface area contributed by atoms with Crippen molar-refractivity contribution in [2.75, 3.05) is 0 Å². The Balaban J connectivity index is 0.00000147. The molecule has 0 unspecified atom stereocenters. The molecule has 0 aromatic carbocycles. The summed E-state index contributed by atoms with van der Waals surface area (Å²) >= 11 is 1.32. The van der Waals surface area contributed by atoms with Gasteiger partial charge in [0.2, 0.25) is 5.91 Å². The number of rotatable bonds is 3. The summed E-state index contributed by atoms with van der Waals surface area (Å²) in [5, 5.41) is 20.9. The molecule has 3 rings (SSSR count). The summed E-state index contributed by atoms with van der Waals surface area (Å²) in [5.74, 6) is -2.23. The van der Waals surface area contributed by atoms with Crippen molar-refractivity contribution in [3.8, 4) is 0 Å². The molecule has 0 radical (unpaired) electrons. The predicted molar refractivity (Wildman–Crippen MR) is 64.5 cm³/mol. The van der Waals surface area contributed by atoms with E-state index in [1.807, 2.05) is 0 Å². The van der Waals surface area contributed by atoms with Gasteiger partial charge in [0.15, 0.2) is 0 Å². The Morgan fingerprint density at radius 3 is 2.85 bits per heavy atom. The second kappa shape index (κ2) is 5.57. The Morgan fingerprint density at radius 2 is 2.35 bits per heavy atom. The summed E-state index contributed by atoms with van der Waals surface area (Å²) in [6.45, 7) is 1.54. The molecule has 1 fully saturated rings. The Hall–Kier alpha value is -0.730. The maximum absolute atomic E-state index is 11.9. The van der Waals surface area contributed by atoms with Gasteiger partial charge in [-0.3, -0.25) is 9.78 Å². The fraction of sp³-hybridized carbons (Fsp3) is 0.417. The topological polar surface area (TPSA) is 93.6 Å². The van der Waals surface area contributed by atoms with E-state index in [0.29, 0.717) is 12.0 Å². The van der Waals surface area contributed by atoms with Gasteiger partial charge in [-0.15, -0.1) is 11.3 Å². The summed E-state index contributed by atoms with van der Waals surface area (Å²) in [5.41, 5.74) is 2.11. The maximum Gasteiger partial charge on any atom is 1.00 e. The number of nitrogens with zero attached hydrogens (tertiary/aromatic N) is 2. The zero-order valence-corrected chi connectivity index (χ0v) is 13.9. The van der Waals surface area contributed by atoms with Crippen LogP contribution in [0.3, 0.4) is 0 Å². The molecule has 1 aromatic rings. The standard InChI is InChI=1S/C12H12N2O4S.Na/c1-5(15)9-7-2-6(8-3-13-4-19-8)10(12(17)18)14(7)11(9)16;/h3-5,7,9,15H,2H2,1H3,(H,17,18);/q;+1/p-1/t5-,7-,9-;/m1./s1. The largest absolute Gasteiger partial charge is 1.00 e. The van der Waals surface area contributed by atoms with E-state index in [4.69, 9.17) is 0 Å². The normalized spacial score (nSPS) is 25.9. The maximum atomic E-state index is 11.9. The SMILES string of the molecule is C[C@@H](O)[C@H]1C(=O)N2C(C(=O)[O-])=C(c3cncs3)C[C@H]12.[Na+]. The predicted octanol–water partition coefficient (Wildman–Crippen LogP) is -3.78. The molecular weight excluding hydrogens is 291 g/mol. The van der Waals surface area contributed by atoms with Crippen LogP contribution in [0, 0.1) is 5.92 Å². The van der Waals surface area contributed by atoms with E-state index in [1.165, 1.54) is 16.2 Å². The second-order valence-electron chi connectivity index (χ2n) is 4.73. The zero-order chi connectivity index (χ0) is 13.7. The Labute approximate surface area is 141 Å². The molecule has 2 aliphatic rings. The molecule has 1 N–H and O–H groups in total. The molecule has 0 spiro atoms. The smallest absolute Gasteiger partial charge is 0.543 e. The summed E-state index contributed by atoms with van der Waals surface area (Å²) in [6.07, 6.45) is 1.22. The van der Waals surface area contributed by atoms with Gasteiger partial charge in [-0.25, -0.2) is 0 Å². The number of aliphatic carboxylic acids is 1. The molecule has 0 saturated carbocycles. The summed E-state index contributed by atoms with van der Waals surface area (Å²) < 4.78 is 0. The first-order valence-electron chi connectivity index (χ1n) is 5.87. The molecule has 1 aromatic heterocycles. The average Bonchev–Trinajstić information content (AvgIpc) is 2.92.